The van der Waals surface area contributed by atoms with Gasteiger partial charge in [0.1, 0.15) is 0 Å². The predicted octanol–water partition coefficient (Wildman–Crippen LogP) is 3.28. The molecule has 0 aliphatic heterocycles. The molecule has 0 heterocycles. The van der Waals surface area contributed by atoms with Crippen molar-refractivity contribution in [3.05, 3.63) is 12.7 Å². The minimum atomic E-state index is -1.67. The molecule has 0 aromatic rings. The number of rotatable bonds is 4. The van der Waals surface area contributed by atoms with Gasteiger partial charge in [-0.25, -0.2) is 0 Å². The average Bonchev–Trinajstić information content (AvgIpc) is 2.22. The summed E-state index contributed by atoms with van der Waals surface area (Å²) in [6.07, 6.45) is 4.39. The van der Waals surface area contributed by atoms with Crippen molar-refractivity contribution >= 4 is 9.53 Å². The Morgan fingerprint density at radius 3 is 1.20 bits per heavy atom. The lowest BCUT2D eigenvalue weighted by molar-refractivity contribution is 0.163. The second-order valence-electron chi connectivity index (χ2n) is 2.40. The zero-order chi connectivity index (χ0) is 11.8. The van der Waals surface area contributed by atoms with Crippen LogP contribution in [0.1, 0.15) is 41.0 Å². The molecule has 96 valence electrons. The van der Waals surface area contributed by atoms with Gasteiger partial charge in [0.25, 0.3) is 0 Å². The molecule has 0 saturated heterocycles. The Morgan fingerprint density at radius 2 is 1.20 bits per heavy atom. The average molecular weight is 238 g/mol. The highest BCUT2D eigenvalue weighted by molar-refractivity contribution is 6.36. The molecule has 0 bridgehead atoms. The van der Waals surface area contributed by atoms with Crippen molar-refractivity contribution < 1.29 is 13.3 Å². The van der Waals surface area contributed by atoms with Gasteiger partial charge in [0.2, 0.25) is 0 Å². The quantitative estimate of drug-likeness (QED) is 0.556. The van der Waals surface area contributed by atoms with Crippen LogP contribution in [0.5, 0.6) is 0 Å². The van der Waals surface area contributed by atoms with E-state index in [-0.39, 0.29) is 7.43 Å². The van der Waals surface area contributed by atoms with Gasteiger partial charge >= 0.3 is 9.53 Å². The molecule has 0 amide bonds. The summed E-state index contributed by atoms with van der Waals surface area (Å²) in [5.74, 6) is 0. The van der Waals surface area contributed by atoms with Gasteiger partial charge in [-0.05, 0) is 6.92 Å². The van der Waals surface area contributed by atoms with Crippen molar-refractivity contribution in [3.63, 3.8) is 0 Å². The molecule has 0 rings (SSSR count). The summed E-state index contributed by atoms with van der Waals surface area (Å²) >= 11 is 0. The molecule has 0 fully saturated rings. The molecule has 3 nitrogen and oxygen atoms in total. The normalized spacial score (nSPS) is 7.67. The highest BCUT2D eigenvalue weighted by Gasteiger charge is 2.04. The summed E-state index contributed by atoms with van der Waals surface area (Å²) in [7, 11) is 3.05. The van der Waals surface area contributed by atoms with E-state index in [2.05, 4.69) is 20.4 Å². The minimum Gasteiger partial charge on any atom is -0.379 e. The topological polar surface area (TPSA) is 27.7 Å². The van der Waals surface area contributed by atoms with E-state index >= 15 is 0 Å². The summed E-state index contributed by atoms with van der Waals surface area (Å²) in [5.41, 5.74) is 0. The standard InChI is InChI=1S/C4H10.C3H10O3Si.C3H6.CH4/c1-3-4-2;1-4-7(5-2)6-3;1-3-2;/h3-4H2,1-2H3;7H,1-3H3;3H,1H2,2H3;1H4. The Hall–Kier alpha value is -0.163. The van der Waals surface area contributed by atoms with Gasteiger partial charge in [-0.15, -0.1) is 6.58 Å². The third-order valence-electron chi connectivity index (χ3n) is 1.08. The lowest BCUT2D eigenvalue weighted by Gasteiger charge is -2.05. The zero-order valence-corrected chi connectivity index (χ0v) is 11.7. The molecule has 0 aromatic carbocycles. The van der Waals surface area contributed by atoms with Gasteiger partial charge in [-0.3, -0.25) is 0 Å². The van der Waals surface area contributed by atoms with Crippen LogP contribution in [0.2, 0.25) is 0 Å². The van der Waals surface area contributed by atoms with E-state index in [0.717, 1.165) is 0 Å². The van der Waals surface area contributed by atoms with Crippen LogP contribution in [0.25, 0.3) is 0 Å². The molecule has 15 heavy (non-hydrogen) atoms. The molecule has 0 unspecified atom stereocenters. The molecular weight excluding hydrogens is 208 g/mol. The van der Waals surface area contributed by atoms with Gasteiger partial charge in [0, 0.05) is 21.3 Å². The Labute approximate surface area is 98.4 Å². The Kier molecular flexibility index (Phi) is 47.1. The van der Waals surface area contributed by atoms with Crippen LogP contribution in [0.15, 0.2) is 12.7 Å². The van der Waals surface area contributed by atoms with Crippen LogP contribution in [-0.4, -0.2) is 30.9 Å². The fourth-order valence-corrected chi connectivity index (χ4v) is 0.866. The van der Waals surface area contributed by atoms with Gasteiger partial charge in [-0.1, -0.05) is 40.2 Å². The van der Waals surface area contributed by atoms with E-state index in [1.165, 1.54) is 12.8 Å². The molecule has 0 aromatic heterocycles. The van der Waals surface area contributed by atoms with Crippen LogP contribution in [0.3, 0.4) is 0 Å². The van der Waals surface area contributed by atoms with Crippen LogP contribution in [0, 0.1) is 0 Å². The molecular formula is C11H30O3Si. The second kappa shape index (κ2) is 29.2. The Morgan fingerprint density at radius 1 is 1.00 bits per heavy atom. The summed E-state index contributed by atoms with van der Waals surface area (Å²) in [6.45, 7) is 9.61. The minimum absolute atomic E-state index is 0. The first-order valence-corrected chi connectivity index (χ1v) is 6.25. The van der Waals surface area contributed by atoms with Crippen molar-refractivity contribution in [1.29, 1.82) is 0 Å². The van der Waals surface area contributed by atoms with Crippen molar-refractivity contribution in [3.8, 4) is 0 Å². The SMILES string of the molecule is C.C=CC.CCCC.CO[SiH](OC)OC. The lowest BCUT2D eigenvalue weighted by atomic mass is 10.4. The molecule has 0 aliphatic rings. The lowest BCUT2D eigenvalue weighted by Crippen LogP contribution is -2.21. The summed E-state index contributed by atoms with van der Waals surface area (Å²) in [4.78, 5) is 0. The summed E-state index contributed by atoms with van der Waals surface area (Å²) in [5, 5.41) is 0. The molecule has 0 N–H and O–H groups in total. The first kappa shape index (κ1) is 24.2. The maximum absolute atomic E-state index is 4.74. The first-order chi connectivity index (χ1) is 6.67. The molecule has 0 saturated carbocycles. The third-order valence-corrected chi connectivity index (χ3v) is 2.23. The summed E-state index contributed by atoms with van der Waals surface area (Å²) in [6, 6.07) is 0. The van der Waals surface area contributed by atoms with E-state index in [4.69, 9.17) is 13.3 Å². The van der Waals surface area contributed by atoms with Crippen molar-refractivity contribution in [2.24, 2.45) is 0 Å². The fraction of sp³-hybridized carbons (Fsp3) is 0.818. The van der Waals surface area contributed by atoms with Crippen molar-refractivity contribution in [1.82, 2.24) is 0 Å². The largest absolute Gasteiger partial charge is 0.483 e. The molecule has 0 atom stereocenters. The number of unbranched alkanes of at least 4 members (excludes halogenated alkanes) is 1. The van der Waals surface area contributed by atoms with E-state index in [0.29, 0.717) is 0 Å². The fourth-order valence-electron chi connectivity index (χ4n) is 0.289. The van der Waals surface area contributed by atoms with Crippen molar-refractivity contribution in [2.75, 3.05) is 21.3 Å². The molecule has 0 radical (unpaired) electrons. The Balaban J connectivity index is -0.0000000654. The van der Waals surface area contributed by atoms with E-state index in [1.807, 2.05) is 6.92 Å². The maximum atomic E-state index is 4.74. The van der Waals surface area contributed by atoms with Crippen LogP contribution < -0.4 is 0 Å². The third kappa shape index (κ3) is 41.5. The van der Waals surface area contributed by atoms with Gasteiger partial charge in [0.15, 0.2) is 0 Å². The first-order valence-electron chi connectivity index (χ1n) is 4.83. The van der Waals surface area contributed by atoms with Gasteiger partial charge in [0.05, 0.1) is 0 Å². The molecule has 4 heteroatoms. The number of allylic oxidation sites excluding steroid dienone is 1. The van der Waals surface area contributed by atoms with E-state index in [1.54, 1.807) is 27.4 Å². The smallest absolute Gasteiger partial charge is 0.379 e. The monoisotopic (exact) mass is 238 g/mol. The second-order valence-corrected chi connectivity index (χ2v) is 4.40. The zero-order valence-electron chi connectivity index (χ0n) is 10.5. The summed E-state index contributed by atoms with van der Waals surface area (Å²) < 4.78 is 14.2. The number of hydrogen-bond donors (Lipinski definition) is 0. The van der Waals surface area contributed by atoms with Crippen molar-refractivity contribution in [2.45, 2.75) is 41.0 Å². The molecule has 0 spiro atoms. The predicted molar refractivity (Wildman–Crippen MR) is 71.4 cm³/mol. The van der Waals surface area contributed by atoms with Gasteiger partial charge < -0.3 is 13.3 Å². The van der Waals surface area contributed by atoms with Gasteiger partial charge in [-0.2, -0.15) is 0 Å². The highest BCUT2D eigenvalue weighted by atomic mass is 28.3. The maximum Gasteiger partial charge on any atom is 0.483 e. The van der Waals surface area contributed by atoms with Crippen LogP contribution >= 0.6 is 0 Å². The van der Waals surface area contributed by atoms with E-state index in [9.17, 15) is 0 Å². The van der Waals surface area contributed by atoms with E-state index < -0.39 is 9.53 Å². The van der Waals surface area contributed by atoms with Crippen LogP contribution in [0.4, 0.5) is 0 Å². The molecule has 0 aliphatic carbocycles. The number of hydrogen-bond acceptors (Lipinski definition) is 3. The Bertz CT molecular complexity index is 78.4. The van der Waals surface area contributed by atoms with Crippen LogP contribution in [-0.2, 0) is 13.3 Å². The highest BCUT2D eigenvalue weighted by Crippen LogP contribution is 1.81.